The van der Waals surface area contributed by atoms with Crippen LogP contribution >= 0.6 is 12.6 Å². The molecule has 0 unspecified atom stereocenters. The summed E-state index contributed by atoms with van der Waals surface area (Å²) in [5.41, 5.74) is 1.08. The van der Waals surface area contributed by atoms with Gasteiger partial charge in [0.25, 0.3) is 0 Å². The van der Waals surface area contributed by atoms with Crippen LogP contribution in [-0.2, 0) is 0 Å². The maximum atomic E-state index is 4.19. The van der Waals surface area contributed by atoms with Gasteiger partial charge in [0.1, 0.15) is 0 Å². The van der Waals surface area contributed by atoms with Crippen molar-refractivity contribution in [3.8, 4) is 0 Å². The summed E-state index contributed by atoms with van der Waals surface area (Å²) in [4.78, 5) is 0.966. The van der Waals surface area contributed by atoms with Gasteiger partial charge in [-0.15, -0.1) is 12.6 Å². The largest absolute Gasteiger partial charge is 0.241 e. The van der Waals surface area contributed by atoms with Crippen LogP contribution in [0, 0.1) is 0 Å². The number of fused-ring (bicyclic) bond motifs is 1. The quantitative estimate of drug-likeness (QED) is 0.565. The van der Waals surface area contributed by atoms with Crippen LogP contribution < -0.4 is 0 Å². The van der Waals surface area contributed by atoms with E-state index in [1.165, 1.54) is 0 Å². The minimum absolute atomic E-state index is 0.966. The minimum Gasteiger partial charge on any atom is -0.241 e. The van der Waals surface area contributed by atoms with Gasteiger partial charge in [0.05, 0.1) is 5.52 Å². The van der Waals surface area contributed by atoms with Gasteiger partial charge in [-0.05, 0) is 18.2 Å². The van der Waals surface area contributed by atoms with E-state index >= 15 is 0 Å². The van der Waals surface area contributed by atoms with Gasteiger partial charge in [-0.2, -0.15) is 5.10 Å². The van der Waals surface area contributed by atoms with Gasteiger partial charge in [-0.25, -0.2) is 4.52 Å². The van der Waals surface area contributed by atoms with Crippen molar-refractivity contribution in [1.82, 2.24) is 9.61 Å². The van der Waals surface area contributed by atoms with Crippen LogP contribution in [0.5, 0.6) is 0 Å². The molecule has 0 atom stereocenters. The first kappa shape index (κ1) is 5.80. The summed E-state index contributed by atoms with van der Waals surface area (Å²) in [5.74, 6) is 0. The van der Waals surface area contributed by atoms with E-state index in [-0.39, 0.29) is 0 Å². The number of thiol groups is 1. The van der Waals surface area contributed by atoms with Crippen LogP contribution in [0.3, 0.4) is 0 Å². The molecule has 0 aromatic carbocycles. The van der Waals surface area contributed by atoms with E-state index in [1.54, 1.807) is 10.7 Å². The average Bonchev–Trinajstić information content (AvgIpc) is 2.33. The third-order valence-corrected chi connectivity index (χ3v) is 1.66. The maximum Gasteiger partial charge on any atom is 0.0672 e. The van der Waals surface area contributed by atoms with Crippen molar-refractivity contribution >= 4 is 18.1 Å². The topological polar surface area (TPSA) is 17.3 Å². The number of hydrogen-bond acceptors (Lipinski definition) is 2. The van der Waals surface area contributed by atoms with E-state index in [9.17, 15) is 0 Å². The lowest BCUT2D eigenvalue weighted by Gasteiger charge is -1.91. The van der Waals surface area contributed by atoms with Gasteiger partial charge in [-0.1, -0.05) is 0 Å². The van der Waals surface area contributed by atoms with Crippen LogP contribution in [0.15, 0.2) is 35.5 Å². The molecule has 0 fully saturated rings. The van der Waals surface area contributed by atoms with E-state index in [4.69, 9.17) is 0 Å². The Kier molecular flexibility index (Phi) is 1.17. The lowest BCUT2D eigenvalue weighted by Crippen LogP contribution is -1.83. The van der Waals surface area contributed by atoms with Crippen molar-refractivity contribution < 1.29 is 0 Å². The predicted octanol–water partition coefficient (Wildman–Crippen LogP) is 1.62. The zero-order valence-corrected chi connectivity index (χ0v) is 6.12. The molecule has 0 spiro atoms. The van der Waals surface area contributed by atoms with Crippen molar-refractivity contribution in [2.24, 2.45) is 0 Å². The molecule has 0 N–H and O–H groups in total. The third kappa shape index (κ3) is 0.789. The van der Waals surface area contributed by atoms with Crippen molar-refractivity contribution in [3.05, 3.63) is 30.6 Å². The van der Waals surface area contributed by atoms with Crippen LogP contribution in [-0.4, -0.2) is 9.61 Å². The number of pyridine rings is 1. The van der Waals surface area contributed by atoms with E-state index in [0.717, 1.165) is 10.4 Å². The summed E-state index contributed by atoms with van der Waals surface area (Å²) in [7, 11) is 0. The van der Waals surface area contributed by atoms with Crippen LogP contribution in [0.4, 0.5) is 0 Å². The molecule has 50 valence electrons. The summed E-state index contributed by atoms with van der Waals surface area (Å²) >= 11 is 4.19. The highest BCUT2D eigenvalue weighted by Crippen LogP contribution is 2.08. The molecule has 0 saturated carbocycles. The van der Waals surface area contributed by atoms with Gasteiger partial charge in [0, 0.05) is 17.3 Å². The van der Waals surface area contributed by atoms with E-state index in [1.807, 2.05) is 24.4 Å². The Morgan fingerprint density at radius 2 is 2.30 bits per heavy atom. The second-order valence-electron chi connectivity index (χ2n) is 2.09. The first-order valence-corrected chi connectivity index (χ1v) is 3.43. The molecule has 2 heterocycles. The van der Waals surface area contributed by atoms with E-state index in [0.29, 0.717) is 0 Å². The van der Waals surface area contributed by atoms with Gasteiger partial charge in [0.2, 0.25) is 0 Å². The average molecular weight is 150 g/mol. The Balaban J connectivity index is 2.86. The first-order valence-electron chi connectivity index (χ1n) is 2.98. The molecule has 0 aliphatic rings. The Bertz CT molecular complexity index is 353. The lowest BCUT2D eigenvalue weighted by atomic mass is 10.4. The second kappa shape index (κ2) is 2.02. The van der Waals surface area contributed by atoms with Gasteiger partial charge in [-0.3, -0.25) is 0 Å². The third-order valence-electron chi connectivity index (χ3n) is 1.38. The Hall–Kier alpha value is -0.960. The molecule has 0 radical (unpaired) electrons. The highest BCUT2D eigenvalue weighted by atomic mass is 32.1. The number of hydrogen-bond donors (Lipinski definition) is 1. The fraction of sp³-hybridized carbons (Fsp3) is 0. The maximum absolute atomic E-state index is 4.19. The number of nitrogens with zero attached hydrogens (tertiary/aromatic N) is 2. The normalized spacial score (nSPS) is 10.5. The second-order valence-corrected chi connectivity index (χ2v) is 2.60. The molecule has 2 rings (SSSR count). The highest BCUT2D eigenvalue weighted by molar-refractivity contribution is 7.80. The molecule has 2 nitrogen and oxygen atoms in total. The van der Waals surface area contributed by atoms with Gasteiger partial charge in [0.15, 0.2) is 0 Å². The minimum atomic E-state index is 0.966. The van der Waals surface area contributed by atoms with Crippen LogP contribution in [0.1, 0.15) is 0 Å². The van der Waals surface area contributed by atoms with E-state index < -0.39 is 0 Å². The standard InChI is InChI=1S/C7H6N2S/c10-7-2-4-9-6(5-7)1-3-8-9/h1-5,10H. The summed E-state index contributed by atoms with van der Waals surface area (Å²) in [6.07, 6.45) is 3.65. The molecular weight excluding hydrogens is 144 g/mol. The van der Waals surface area contributed by atoms with Gasteiger partial charge >= 0.3 is 0 Å². The summed E-state index contributed by atoms with van der Waals surface area (Å²) in [6.45, 7) is 0. The first-order chi connectivity index (χ1) is 4.86. The molecule has 0 bridgehead atoms. The van der Waals surface area contributed by atoms with Crippen LogP contribution in [0.25, 0.3) is 5.52 Å². The van der Waals surface area contributed by atoms with Crippen molar-refractivity contribution in [3.63, 3.8) is 0 Å². The van der Waals surface area contributed by atoms with Crippen molar-refractivity contribution in [2.75, 3.05) is 0 Å². The Morgan fingerprint density at radius 1 is 1.40 bits per heavy atom. The monoisotopic (exact) mass is 150 g/mol. The Morgan fingerprint density at radius 3 is 3.20 bits per heavy atom. The molecule has 2 aromatic heterocycles. The highest BCUT2D eigenvalue weighted by Gasteiger charge is 1.90. The fourth-order valence-corrected chi connectivity index (χ4v) is 1.11. The molecule has 0 aliphatic heterocycles. The lowest BCUT2D eigenvalue weighted by molar-refractivity contribution is 0.954. The van der Waals surface area contributed by atoms with Gasteiger partial charge < -0.3 is 0 Å². The summed E-state index contributed by atoms with van der Waals surface area (Å²) in [6, 6.07) is 5.82. The molecule has 2 aromatic rings. The smallest absolute Gasteiger partial charge is 0.0672 e. The number of rotatable bonds is 0. The molecule has 0 amide bonds. The summed E-state index contributed by atoms with van der Waals surface area (Å²) in [5, 5.41) is 4.04. The fourth-order valence-electron chi connectivity index (χ4n) is 0.910. The zero-order chi connectivity index (χ0) is 6.97. The zero-order valence-electron chi connectivity index (χ0n) is 5.23. The van der Waals surface area contributed by atoms with Crippen LogP contribution in [0.2, 0.25) is 0 Å². The predicted molar refractivity (Wildman–Crippen MR) is 42.4 cm³/mol. The Labute approximate surface area is 63.9 Å². The molecule has 3 heteroatoms. The summed E-state index contributed by atoms with van der Waals surface area (Å²) < 4.78 is 1.81. The number of aromatic nitrogens is 2. The molecule has 0 aliphatic carbocycles. The van der Waals surface area contributed by atoms with Crippen molar-refractivity contribution in [2.45, 2.75) is 4.90 Å². The molecule has 10 heavy (non-hydrogen) atoms. The van der Waals surface area contributed by atoms with Crippen molar-refractivity contribution in [1.29, 1.82) is 0 Å². The molecule has 0 saturated heterocycles. The van der Waals surface area contributed by atoms with E-state index in [2.05, 4.69) is 17.7 Å². The molecular formula is C7H6N2S. The SMILES string of the molecule is Sc1ccn2nccc2c1.